The first-order chi connectivity index (χ1) is 12.5. The number of nitrogens with two attached hydrogens (primary N) is 1. The number of carbonyl (C=O) groups is 3. The highest BCUT2D eigenvalue weighted by Gasteiger charge is 2.53. The fourth-order valence-electron chi connectivity index (χ4n) is 3.28. The van der Waals surface area contributed by atoms with E-state index in [2.05, 4.69) is 5.10 Å². The Kier molecular flexibility index (Phi) is 3.62. The molecule has 26 heavy (non-hydrogen) atoms. The Balaban J connectivity index is 1.68. The third kappa shape index (κ3) is 2.39. The largest absolute Gasteiger partial charge is 0.479 e. The van der Waals surface area contributed by atoms with Crippen LogP contribution >= 0.6 is 0 Å². The Hall–Kier alpha value is -3.40. The first-order valence-corrected chi connectivity index (χ1v) is 7.86. The molecule has 2 aromatic rings. The predicted octanol–water partition coefficient (Wildman–Crippen LogP) is 0.860. The Morgan fingerprint density at radius 2 is 2.04 bits per heavy atom. The van der Waals surface area contributed by atoms with Gasteiger partial charge >= 0.3 is 18.0 Å². The van der Waals surface area contributed by atoms with Gasteiger partial charge in [-0.1, -0.05) is 30.3 Å². The maximum Gasteiger partial charge on any atom is 0.345 e. The molecule has 2 aliphatic heterocycles. The lowest BCUT2D eigenvalue weighted by molar-refractivity contribution is -0.143. The van der Waals surface area contributed by atoms with Gasteiger partial charge in [-0.25, -0.2) is 14.4 Å². The quantitative estimate of drug-likeness (QED) is 0.834. The van der Waals surface area contributed by atoms with Crippen LogP contribution in [0.2, 0.25) is 0 Å². The van der Waals surface area contributed by atoms with E-state index in [0.717, 1.165) is 15.3 Å². The molecular weight excluding hydrogens is 342 g/mol. The van der Waals surface area contributed by atoms with Crippen molar-refractivity contribution in [3.8, 4) is 0 Å². The monoisotopic (exact) mass is 357 g/mol. The fraction of sp³-hybridized carbons (Fsp3) is 0.250. The lowest BCUT2D eigenvalue weighted by Crippen LogP contribution is -2.38. The van der Waals surface area contributed by atoms with Gasteiger partial charge in [0.2, 0.25) is 0 Å². The number of aromatic nitrogens is 2. The van der Waals surface area contributed by atoms with Gasteiger partial charge in [-0.05, 0) is 5.56 Å². The molecule has 2 atom stereocenters. The zero-order valence-electron chi connectivity index (χ0n) is 13.5. The molecule has 0 aliphatic carbocycles. The molecule has 4 rings (SSSR count). The van der Waals surface area contributed by atoms with Crippen molar-refractivity contribution in [2.75, 3.05) is 6.54 Å². The van der Waals surface area contributed by atoms with E-state index in [9.17, 15) is 19.5 Å². The van der Waals surface area contributed by atoms with Crippen molar-refractivity contribution in [2.45, 2.75) is 18.7 Å². The van der Waals surface area contributed by atoms with Crippen molar-refractivity contribution in [1.82, 2.24) is 19.7 Å². The molecule has 1 saturated heterocycles. The third-order valence-corrected chi connectivity index (χ3v) is 4.46. The zero-order chi connectivity index (χ0) is 18.4. The third-order valence-electron chi connectivity index (χ3n) is 4.46. The maximum atomic E-state index is 12.6. The van der Waals surface area contributed by atoms with Crippen LogP contribution in [0.4, 0.5) is 9.59 Å². The second-order valence-electron chi connectivity index (χ2n) is 6.03. The highest BCUT2D eigenvalue weighted by atomic mass is 16.7. The summed E-state index contributed by atoms with van der Waals surface area (Å²) in [4.78, 5) is 42.6. The number of hydrogen-bond donors (Lipinski definition) is 2. The van der Waals surface area contributed by atoms with Crippen LogP contribution in [0, 0.1) is 0 Å². The summed E-state index contributed by atoms with van der Waals surface area (Å²) < 4.78 is 0.877. The van der Waals surface area contributed by atoms with Gasteiger partial charge in [0.1, 0.15) is 18.3 Å². The van der Waals surface area contributed by atoms with E-state index in [1.165, 1.54) is 11.1 Å². The first kappa shape index (κ1) is 16.1. The molecule has 0 unspecified atom stereocenters. The molecule has 2 bridgehead atoms. The molecule has 3 N–H and O–H groups in total. The van der Waals surface area contributed by atoms with Crippen molar-refractivity contribution >= 4 is 18.0 Å². The summed E-state index contributed by atoms with van der Waals surface area (Å²) in [7, 11) is 0. The zero-order valence-corrected chi connectivity index (χ0v) is 13.5. The van der Waals surface area contributed by atoms with Gasteiger partial charge in [-0.15, -0.1) is 0 Å². The minimum atomic E-state index is -1.29. The van der Waals surface area contributed by atoms with Gasteiger partial charge in [0.05, 0.1) is 6.54 Å². The van der Waals surface area contributed by atoms with E-state index in [1.807, 2.05) is 30.3 Å². The summed E-state index contributed by atoms with van der Waals surface area (Å²) in [6.45, 7) is 0.274. The molecule has 2 aliphatic rings. The number of hydroxylamine groups is 2. The summed E-state index contributed by atoms with van der Waals surface area (Å²) in [6, 6.07) is 6.02. The average molecular weight is 357 g/mol. The molecule has 3 heterocycles. The average Bonchev–Trinajstić information content (AvgIpc) is 3.17. The standard InChI is InChI=1S/C16H15N5O5/c17-15(24)20-6-10-11-7-19(13(14(22)23)12(10)18-20)16(25)21(11)26-8-9-4-2-1-3-5-9/h1-6,11,13H,7-8H2,(H2,17,24)(H,22,23)/t11-,13-/m0/s1. The Labute approximate surface area is 147 Å². The number of benzene rings is 1. The minimum absolute atomic E-state index is 0.117. The normalized spacial score (nSPS) is 21.0. The number of nitrogens with zero attached hydrogens (tertiary/aromatic N) is 4. The molecular formula is C16H15N5O5. The summed E-state index contributed by atoms with van der Waals surface area (Å²) in [5, 5.41) is 14.7. The molecule has 0 saturated carbocycles. The number of carboxylic acid groups (broad SMARTS) is 1. The lowest BCUT2D eigenvalue weighted by Gasteiger charge is -2.26. The van der Waals surface area contributed by atoms with Crippen molar-refractivity contribution in [2.24, 2.45) is 5.73 Å². The van der Waals surface area contributed by atoms with Gasteiger partial charge in [0.25, 0.3) is 0 Å². The summed E-state index contributed by atoms with van der Waals surface area (Å²) in [5.41, 5.74) is 6.65. The van der Waals surface area contributed by atoms with Crippen molar-refractivity contribution in [1.29, 1.82) is 0 Å². The summed E-state index contributed by atoms with van der Waals surface area (Å²) in [5.74, 6) is -1.24. The number of amides is 3. The second-order valence-corrected chi connectivity index (χ2v) is 6.03. The van der Waals surface area contributed by atoms with E-state index in [1.54, 1.807) is 0 Å². The Bertz CT molecular complexity index is 896. The van der Waals surface area contributed by atoms with Gasteiger partial charge in [-0.2, -0.15) is 14.8 Å². The van der Waals surface area contributed by atoms with Crippen molar-refractivity contribution < 1.29 is 24.3 Å². The SMILES string of the molecule is NC(=O)n1cc2c(n1)[C@@H](C(=O)O)N1C[C@@H]2N(OCc2ccccc2)C1=O. The lowest BCUT2D eigenvalue weighted by atomic mass is 9.98. The fourth-order valence-corrected chi connectivity index (χ4v) is 3.28. The Morgan fingerprint density at radius 1 is 1.31 bits per heavy atom. The van der Waals surface area contributed by atoms with Crippen LogP contribution in [0.25, 0.3) is 0 Å². The minimum Gasteiger partial charge on any atom is -0.479 e. The van der Waals surface area contributed by atoms with E-state index in [4.69, 9.17) is 10.6 Å². The van der Waals surface area contributed by atoms with Crippen LogP contribution in [0.3, 0.4) is 0 Å². The summed E-state index contributed by atoms with van der Waals surface area (Å²) >= 11 is 0. The number of fused-ring (bicyclic) bond motifs is 4. The smallest absolute Gasteiger partial charge is 0.345 e. The number of carboxylic acids is 1. The molecule has 1 aromatic carbocycles. The highest BCUT2D eigenvalue weighted by Crippen LogP contribution is 2.43. The van der Waals surface area contributed by atoms with Crippen molar-refractivity contribution in [3.63, 3.8) is 0 Å². The molecule has 0 radical (unpaired) electrons. The van der Waals surface area contributed by atoms with Crippen molar-refractivity contribution in [3.05, 3.63) is 53.3 Å². The van der Waals surface area contributed by atoms with Crippen LogP contribution in [0.1, 0.15) is 28.9 Å². The molecule has 134 valence electrons. The first-order valence-electron chi connectivity index (χ1n) is 7.86. The number of carbonyl (C=O) groups excluding carboxylic acids is 2. The van der Waals surface area contributed by atoms with E-state index in [-0.39, 0.29) is 18.8 Å². The van der Waals surface area contributed by atoms with Crippen LogP contribution < -0.4 is 5.73 Å². The van der Waals surface area contributed by atoms with Gasteiger partial charge in [0, 0.05) is 11.8 Å². The molecule has 0 spiro atoms. The molecule has 10 heteroatoms. The topological polar surface area (TPSA) is 131 Å². The number of rotatable bonds is 4. The molecule has 10 nitrogen and oxygen atoms in total. The van der Waals surface area contributed by atoms with E-state index in [0.29, 0.717) is 5.56 Å². The van der Waals surface area contributed by atoms with E-state index >= 15 is 0 Å². The number of urea groups is 1. The Morgan fingerprint density at radius 3 is 2.69 bits per heavy atom. The predicted molar refractivity (Wildman–Crippen MR) is 85.5 cm³/mol. The van der Waals surface area contributed by atoms with Crippen LogP contribution in [0.5, 0.6) is 0 Å². The molecule has 1 fully saturated rings. The summed E-state index contributed by atoms with van der Waals surface area (Å²) in [6.07, 6.45) is 1.35. The number of aliphatic carboxylic acids is 1. The van der Waals surface area contributed by atoms with Crippen LogP contribution in [-0.4, -0.2) is 49.4 Å². The maximum absolute atomic E-state index is 12.6. The second kappa shape index (κ2) is 5.85. The molecule has 3 amide bonds. The van der Waals surface area contributed by atoms with Crippen LogP contribution in [0.15, 0.2) is 36.5 Å². The van der Waals surface area contributed by atoms with Gasteiger partial charge in [-0.3, -0.25) is 4.84 Å². The van der Waals surface area contributed by atoms with E-state index < -0.39 is 30.1 Å². The highest BCUT2D eigenvalue weighted by molar-refractivity contribution is 5.87. The molecule has 1 aromatic heterocycles. The van der Waals surface area contributed by atoms with Gasteiger partial charge < -0.3 is 15.7 Å². The van der Waals surface area contributed by atoms with Gasteiger partial charge in [0.15, 0.2) is 6.04 Å². The number of primary amides is 1. The number of hydrogen-bond acceptors (Lipinski definition) is 5. The van der Waals surface area contributed by atoms with Crippen LogP contribution in [-0.2, 0) is 16.2 Å².